The number of aryl methyl sites for hydroxylation is 1. The van der Waals surface area contributed by atoms with Crippen LogP contribution in [0.15, 0.2) is 18.2 Å². The summed E-state index contributed by atoms with van der Waals surface area (Å²) in [5, 5.41) is 2.78. The Kier molecular flexibility index (Phi) is 6.41. The van der Waals surface area contributed by atoms with Crippen molar-refractivity contribution in [2.24, 2.45) is 5.73 Å². The third kappa shape index (κ3) is 4.79. The number of methoxy groups -OCH3 is 1. The second-order valence-corrected chi connectivity index (χ2v) is 5.00. The smallest absolute Gasteiger partial charge is 0.239 e. The zero-order chi connectivity index (χ0) is 15.1. The van der Waals surface area contributed by atoms with E-state index in [-0.39, 0.29) is 12.5 Å². The molecule has 1 amide bonds. The fourth-order valence-electron chi connectivity index (χ4n) is 1.82. The summed E-state index contributed by atoms with van der Waals surface area (Å²) in [6, 6.07) is 5.76. The van der Waals surface area contributed by atoms with Crippen molar-refractivity contribution in [2.45, 2.75) is 6.92 Å². The zero-order valence-electron chi connectivity index (χ0n) is 12.1. The molecule has 0 aliphatic heterocycles. The predicted octanol–water partition coefficient (Wildman–Crippen LogP) is 0.828. The molecule has 0 unspecified atom stereocenters. The number of carbonyl (C=O) groups excluding carboxylic acids is 1. The molecule has 1 aromatic carbocycles. The van der Waals surface area contributed by atoms with Crippen LogP contribution in [0, 0.1) is 6.92 Å². The molecular weight excluding hydrogens is 274 g/mol. The van der Waals surface area contributed by atoms with Crippen LogP contribution < -0.4 is 16.0 Å². The number of nitrogens with two attached hydrogens (primary N) is 1. The lowest BCUT2D eigenvalue weighted by Gasteiger charge is -2.20. The van der Waals surface area contributed by atoms with E-state index in [1.807, 2.05) is 37.1 Å². The summed E-state index contributed by atoms with van der Waals surface area (Å²) in [7, 11) is 3.47. The van der Waals surface area contributed by atoms with Crippen LogP contribution >= 0.6 is 12.2 Å². The number of nitrogens with one attached hydrogen (secondary N) is 1. The first-order valence-electron chi connectivity index (χ1n) is 6.33. The molecule has 3 N–H and O–H groups in total. The standard InChI is InChI=1S/C14H21N3O2S/c1-10-8-11(4-5-12(10)14(15)20)17(2)9-13(18)16-6-7-19-3/h4-5,8H,6-7,9H2,1-3H3,(H2,15,20)(H,16,18). The van der Waals surface area contributed by atoms with Crippen molar-refractivity contribution in [1.29, 1.82) is 0 Å². The highest BCUT2D eigenvalue weighted by atomic mass is 32.1. The number of hydrogen-bond donors (Lipinski definition) is 2. The number of carbonyl (C=O) groups is 1. The highest BCUT2D eigenvalue weighted by Crippen LogP contribution is 2.18. The molecule has 0 aromatic heterocycles. The third-order valence-electron chi connectivity index (χ3n) is 2.93. The Morgan fingerprint density at radius 2 is 2.20 bits per heavy atom. The van der Waals surface area contributed by atoms with Crippen LogP contribution in [-0.2, 0) is 9.53 Å². The van der Waals surface area contributed by atoms with Crippen molar-refractivity contribution in [3.8, 4) is 0 Å². The maximum atomic E-state index is 11.7. The van der Waals surface area contributed by atoms with Gasteiger partial charge in [0.25, 0.3) is 0 Å². The molecular formula is C14H21N3O2S. The summed E-state index contributed by atoms with van der Waals surface area (Å²) < 4.78 is 4.88. The maximum absolute atomic E-state index is 11.7. The summed E-state index contributed by atoms with van der Waals surface area (Å²) in [6.07, 6.45) is 0. The number of amides is 1. The number of likely N-dealkylation sites (N-methyl/N-ethyl adjacent to an activating group) is 1. The molecule has 0 fully saturated rings. The second kappa shape index (κ2) is 7.81. The number of nitrogens with zero attached hydrogens (tertiary/aromatic N) is 1. The van der Waals surface area contributed by atoms with Gasteiger partial charge in [0.15, 0.2) is 0 Å². The van der Waals surface area contributed by atoms with E-state index >= 15 is 0 Å². The van der Waals surface area contributed by atoms with Gasteiger partial charge in [0.2, 0.25) is 5.91 Å². The molecule has 1 rings (SSSR count). The summed E-state index contributed by atoms with van der Waals surface area (Å²) >= 11 is 4.98. The Hall–Kier alpha value is -1.66. The number of rotatable bonds is 7. The van der Waals surface area contributed by atoms with Crippen molar-refractivity contribution in [3.63, 3.8) is 0 Å². The Labute approximate surface area is 125 Å². The van der Waals surface area contributed by atoms with Gasteiger partial charge in [-0.1, -0.05) is 12.2 Å². The predicted molar refractivity (Wildman–Crippen MR) is 85.2 cm³/mol. The minimum atomic E-state index is -0.0411. The number of anilines is 1. The Morgan fingerprint density at radius 3 is 2.75 bits per heavy atom. The van der Waals surface area contributed by atoms with Gasteiger partial charge in [-0.25, -0.2) is 0 Å². The van der Waals surface area contributed by atoms with Crippen LogP contribution in [0.25, 0.3) is 0 Å². The maximum Gasteiger partial charge on any atom is 0.239 e. The average molecular weight is 295 g/mol. The number of benzene rings is 1. The van der Waals surface area contributed by atoms with Gasteiger partial charge >= 0.3 is 0 Å². The van der Waals surface area contributed by atoms with Crippen molar-refractivity contribution in [2.75, 3.05) is 38.8 Å². The molecule has 0 aliphatic rings. The van der Waals surface area contributed by atoms with Crippen LogP contribution in [-0.4, -0.2) is 44.7 Å². The van der Waals surface area contributed by atoms with Gasteiger partial charge in [0, 0.05) is 32.0 Å². The first-order chi connectivity index (χ1) is 9.45. The highest BCUT2D eigenvalue weighted by Gasteiger charge is 2.09. The molecule has 1 aromatic rings. The molecule has 110 valence electrons. The van der Waals surface area contributed by atoms with E-state index < -0.39 is 0 Å². The molecule has 20 heavy (non-hydrogen) atoms. The quantitative estimate of drug-likeness (QED) is 0.576. The molecule has 0 saturated carbocycles. The first-order valence-corrected chi connectivity index (χ1v) is 6.73. The van der Waals surface area contributed by atoms with Gasteiger partial charge < -0.3 is 20.7 Å². The van der Waals surface area contributed by atoms with Crippen LogP contribution in [0.1, 0.15) is 11.1 Å². The highest BCUT2D eigenvalue weighted by molar-refractivity contribution is 7.80. The monoisotopic (exact) mass is 295 g/mol. The molecule has 6 heteroatoms. The van der Waals surface area contributed by atoms with E-state index in [0.717, 1.165) is 16.8 Å². The molecule has 0 radical (unpaired) electrons. The van der Waals surface area contributed by atoms with Crippen molar-refractivity contribution in [3.05, 3.63) is 29.3 Å². The lowest BCUT2D eigenvalue weighted by atomic mass is 10.1. The average Bonchev–Trinajstić information content (AvgIpc) is 2.38. The van der Waals surface area contributed by atoms with E-state index in [0.29, 0.717) is 18.1 Å². The molecule has 5 nitrogen and oxygen atoms in total. The molecule has 0 aliphatic carbocycles. The lowest BCUT2D eigenvalue weighted by molar-refractivity contribution is -0.119. The van der Waals surface area contributed by atoms with Crippen LogP contribution in [0.3, 0.4) is 0 Å². The molecule has 0 bridgehead atoms. The molecule has 0 spiro atoms. The number of hydrogen-bond acceptors (Lipinski definition) is 4. The summed E-state index contributed by atoms with van der Waals surface area (Å²) in [5.74, 6) is -0.0411. The van der Waals surface area contributed by atoms with E-state index in [9.17, 15) is 4.79 Å². The molecule has 0 heterocycles. The van der Waals surface area contributed by atoms with Crippen LogP contribution in [0.4, 0.5) is 5.69 Å². The van der Waals surface area contributed by atoms with Gasteiger partial charge in [-0.3, -0.25) is 4.79 Å². The Balaban J connectivity index is 2.63. The normalized spacial score (nSPS) is 10.2. The summed E-state index contributed by atoms with van der Waals surface area (Å²) in [6.45, 7) is 3.26. The zero-order valence-corrected chi connectivity index (χ0v) is 12.9. The first kappa shape index (κ1) is 16.4. The minimum Gasteiger partial charge on any atom is -0.389 e. The van der Waals surface area contributed by atoms with Crippen LogP contribution in [0.2, 0.25) is 0 Å². The number of ether oxygens (including phenoxy) is 1. The van der Waals surface area contributed by atoms with Crippen molar-refractivity contribution >= 4 is 28.8 Å². The SMILES string of the molecule is COCCNC(=O)CN(C)c1ccc(C(N)=S)c(C)c1. The van der Waals surface area contributed by atoms with Gasteiger partial charge in [-0.2, -0.15) is 0 Å². The van der Waals surface area contributed by atoms with E-state index in [1.54, 1.807) is 7.11 Å². The van der Waals surface area contributed by atoms with Crippen molar-refractivity contribution in [1.82, 2.24) is 5.32 Å². The minimum absolute atomic E-state index is 0.0411. The van der Waals surface area contributed by atoms with Gasteiger partial charge in [-0.15, -0.1) is 0 Å². The topological polar surface area (TPSA) is 67.6 Å². The fourth-order valence-corrected chi connectivity index (χ4v) is 2.05. The number of thiocarbonyl (C=S) groups is 1. The van der Waals surface area contributed by atoms with E-state index in [2.05, 4.69) is 5.32 Å². The summed E-state index contributed by atoms with van der Waals surface area (Å²) in [5.41, 5.74) is 8.44. The van der Waals surface area contributed by atoms with Crippen LogP contribution in [0.5, 0.6) is 0 Å². The summed E-state index contributed by atoms with van der Waals surface area (Å²) in [4.78, 5) is 14.0. The Morgan fingerprint density at radius 1 is 1.50 bits per heavy atom. The van der Waals surface area contributed by atoms with Crippen molar-refractivity contribution < 1.29 is 9.53 Å². The largest absolute Gasteiger partial charge is 0.389 e. The fraction of sp³-hybridized carbons (Fsp3) is 0.429. The van der Waals surface area contributed by atoms with E-state index in [4.69, 9.17) is 22.7 Å². The third-order valence-corrected chi connectivity index (χ3v) is 3.15. The van der Waals surface area contributed by atoms with Gasteiger partial charge in [0.1, 0.15) is 4.99 Å². The van der Waals surface area contributed by atoms with E-state index in [1.165, 1.54) is 0 Å². The second-order valence-electron chi connectivity index (χ2n) is 4.56. The van der Waals surface area contributed by atoms with Gasteiger partial charge in [0.05, 0.1) is 13.2 Å². The Bertz CT molecular complexity index is 491. The van der Waals surface area contributed by atoms with Gasteiger partial charge in [-0.05, 0) is 30.7 Å². The molecule has 0 atom stereocenters. The lowest BCUT2D eigenvalue weighted by Crippen LogP contribution is -2.36. The molecule has 0 saturated heterocycles.